The van der Waals surface area contributed by atoms with E-state index in [1.165, 1.54) is 6.21 Å². The smallest absolute Gasteiger partial charge is 0.156 e. The molecule has 0 N–H and O–H groups in total. The molecule has 0 aromatic carbocycles. The van der Waals surface area contributed by atoms with Crippen LogP contribution in [0.5, 0.6) is 0 Å². The summed E-state index contributed by atoms with van der Waals surface area (Å²) in [5.74, 6) is 0.680. The number of hydrogen-bond acceptors (Lipinski definition) is 3. The molecule has 1 atom stereocenters. The quantitative estimate of drug-likeness (QED) is 0.619. The first-order valence-electron chi connectivity index (χ1n) is 4.45. The van der Waals surface area contributed by atoms with Crippen LogP contribution < -0.4 is 0 Å². The van der Waals surface area contributed by atoms with Gasteiger partial charge in [-0.1, -0.05) is 4.40 Å². The van der Waals surface area contributed by atoms with Gasteiger partial charge in [0.1, 0.15) is 26.9 Å². The van der Waals surface area contributed by atoms with Gasteiger partial charge in [-0.3, -0.25) is 0 Å². The third-order valence-electron chi connectivity index (χ3n) is 1.67. The van der Waals surface area contributed by atoms with Crippen LogP contribution in [0.3, 0.4) is 0 Å². The summed E-state index contributed by atoms with van der Waals surface area (Å²) in [6, 6.07) is 0. The van der Waals surface area contributed by atoms with Gasteiger partial charge in [0.25, 0.3) is 0 Å². The summed E-state index contributed by atoms with van der Waals surface area (Å²) in [4.78, 5) is 4.16. The third-order valence-corrected chi connectivity index (χ3v) is 3.40. The minimum absolute atomic E-state index is 0.334. The van der Waals surface area contributed by atoms with E-state index in [1.807, 2.05) is 38.6 Å². The van der Waals surface area contributed by atoms with Crippen molar-refractivity contribution >= 4 is 33.5 Å². The van der Waals surface area contributed by atoms with Gasteiger partial charge in [-0.2, -0.15) is 0 Å². The van der Waals surface area contributed by atoms with Crippen molar-refractivity contribution in [2.45, 2.75) is 25.5 Å². The molecule has 4 nitrogen and oxygen atoms in total. The van der Waals surface area contributed by atoms with Crippen LogP contribution in [0.2, 0.25) is 0 Å². The number of rotatable bonds is 2. The number of nitrogens with zero attached hydrogens (tertiary/aromatic N) is 3. The average Bonchev–Trinajstić information content (AvgIpc) is 2.39. The zero-order valence-corrected chi connectivity index (χ0v) is 11.6. The molecule has 0 fully saturated rings. The van der Waals surface area contributed by atoms with Crippen molar-refractivity contribution in [1.29, 1.82) is 0 Å². The van der Waals surface area contributed by atoms with E-state index in [1.54, 1.807) is 0 Å². The number of aromatic nitrogens is 2. The Morgan fingerprint density at radius 1 is 1.60 bits per heavy atom. The van der Waals surface area contributed by atoms with E-state index in [0.717, 1.165) is 4.60 Å². The van der Waals surface area contributed by atoms with Crippen LogP contribution in [0, 0.1) is 0 Å². The maximum atomic E-state index is 11.6. The van der Waals surface area contributed by atoms with Gasteiger partial charge in [-0.25, -0.2) is 4.98 Å². The van der Waals surface area contributed by atoms with E-state index in [2.05, 4.69) is 25.3 Å². The fourth-order valence-corrected chi connectivity index (χ4v) is 1.81. The van der Waals surface area contributed by atoms with Gasteiger partial charge in [0.2, 0.25) is 0 Å². The predicted octanol–water partition coefficient (Wildman–Crippen LogP) is 2.06. The van der Waals surface area contributed by atoms with Gasteiger partial charge in [0, 0.05) is 13.2 Å². The molecular formula is C9H14BrN3OS. The largest absolute Gasteiger partial charge is 0.591 e. The lowest BCUT2D eigenvalue weighted by Gasteiger charge is -2.17. The van der Waals surface area contributed by atoms with Crippen LogP contribution in [0.25, 0.3) is 0 Å². The number of imidazole rings is 1. The molecule has 0 spiro atoms. The average molecular weight is 292 g/mol. The lowest BCUT2D eigenvalue weighted by Crippen LogP contribution is -2.26. The van der Waals surface area contributed by atoms with Crippen molar-refractivity contribution in [3.05, 3.63) is 16.6 Å². The van der Waals surface area contributed by atoms with Crippen LogP contribution in [0.15, 0.2) is 15.2 Å². The molecule has 0 amide bonds. The van der Waals surface area contributed by atoms with Crippen molar-refractivity contribution in [1.82, 2.24) is 9.55 Å². The van der Waals surface area contributed by atoms with Crippen LogP contribution in [-0.4, -0.2) is 25.1 Å². The Morgan fingerprint density at radius 2 is 2.20 bits per heavy atom. The highest BCUT2D eigenvalue weighted by Gasteiger charge is 2.25. The van der Waals surface area contributed by atoms with E-state index in [-0.39, 0.29) is 4.75 Å². The second-order valence-corrected chi connectivity index (χ2v) is 6.88. The summed E-state index contributed by atoms with van der Waals surface area (Å²) >= 11 is 2.02. The van der Waals surface area contributed by atoms with Crippen LogP contribution >= 0.6 is 15.9 Å². The molecule has 0 aliphatic carbocycles. The Morgan fingerprint density at radius 3 is 2.60 bits per heavy atom. The lowest BCUT2D eigenvalue weighted by atomic mass is 10.3. The highest BCUT2D eigenvalue weighted by Crippen LogP contribution is 2.16. The summed E-state index contributed by atoms with van der Waals surface area (Å²) in [5.41, 5.74) is 0. The summed E-state index contributed by atoms with van der Waals surface area (Å²) in [6.45, 7) is 5.65. The first-order valence-corrected chi connectivity index (χ1v) is 6.35. The van der Waals surface area contributed by atoms with Crippen LogP contribution in [-0.2, 0) is 18.4 Å². The minimum atomic E-state index is -1.24. The maximum absolute atomic E-state index is 11.6. The number of aryl methyl sites for hydroxylation is 1. The molecule has 0 aliphatic rings. The van der Waals surface area contributed by atoms with E-state index < -0.39 is 11.4 Å². The van der Waals surface area contributed by atoms with Crippen molar-refractivity contribution in [3.8, 4) is 0 Å². The first-order chi connectivity index (χ1) is 6.80. The van der Waals surface area contributed by atoms with Crippen molar-refractivity contribution in [2.24, 2.45) is 11.4 Å². The second kappa shape index (κ2) is 4.67. The molecule has 0 bridgehead atoms. The Hall–Kier alpha value is -0.330. The van der Waals surface area contributed by atoms with Gasteiger partial charge in [0.05, 0.1) is 0 Å². The molecular weight excluding hydrogens is 278 g/mol. The molecule has 84 valence electrons. The van der Waals surface area contributed by atoms with Crippen molar-refractivity contribution in [3.63, 3.8) is 0 Å². The third kappa shape index (κ3) is 3.62. The topological polar surface area (TPSA) is 53.2 Å². The second-order valence-electron chi connectivity index (χ2n) is 4.13. The van der Waals surface area contributed by atoms with Crippen molar-refractivity contribution < 1.29 is 4.55 Å². The predicted molar refractivity (Wildman–Crippen MR) is 66.4 cm³/mol. The maximum Gasteiger partial charge on any atom is 0.156 e. The molecule has 6 heteroatoms. The molecule has 15 heavy (non-hydrogen) atoms. The minimum Gasteiger partial charge on any atom is -0.591 e. The monoisotopic (exact) mass is 291 g/mol. The fraction of sp³-hybridized carbons (Fsp3) is 0.556. The van der Waals surface area contributed by atoms with E-state index in [0.29, 0.717) is 5.82 Å². The molecule has 0 radical (unpaired) electrons. The van der Waals surface area contributed by atoms with E-state index in [9.17, 15) is 4.55 Å². The van der Waals surface area contributed by atoms with Gasteiger partial charge in [-0.15, -0.1) is 0 Å². The van der Waals surface area contributed by atoms with Crippen molar-refractivity contribution in [2.75, 3.05) is 0 Å². The summed E-state index contributed by atoms with van der Waals surface area (Å²) in [7, 11) is 1.86. The van der Waals surface area contributed by atoms with Crippen LogP contribution in [0.4, 0.5) is 0 Å². The Bertz CT molecular complexity index is 370. The van der Waals surface area contributed by atoms with Gasteiger partial charge in [0.15, 0.2) is 5.82 Å². The van der Waals surface area contributed by atoms with Crippen LogP contribution in [0.1, 0.15) is 26.6 Å². The highest BCUT2D eigenvalue weighted by atomic mass is 79.9. The summed E-state index contributed by atoms with van der Waals surface area (Å²) in [5, 5.41) is 0. The van der Waals surface area contributed by atoms with E-state index >= 15 is 0 Å². The standard InChI is InChI=1S/C9H14BrN3OS/c1-9(2,3)15(14)11-5-8-12-7(10)6-13(8)4/h5-6H,1-4H3. The zero-order chi connectivity index (χ0) is 11.6. The Balaban J connectivity index is 2.78. The van der Waals surface area contributed by atoms with Gasteiger partial charge < -0.3 is 9.12 Å². The molecule has 1 unspecified atom stereocenters. The molecule has 0 saturated carbocycles. The Kier molecular flexibility index (Phi) is 3.97. The molecule has 0 aliphatic heterocycles. The first kappa shape index (κ1) is 12.7. The summed E-state index contributed by atoms with van der Waals surface area (Å²) in [6.07, 6.45) is 3.35. The normalized spacial score (nSPS) is 14.8. The van der Waals surface area contributed by atoms with Gasteiger partial charge in [-0.05, 0) is 36.7 Å². The number of hydrogen-bond donors (Lipinski definition) is 0. The fourth-order valence-electron chi connectivity index (χ4n) is 0.816. The molecule has 1 rings (SSSR count). The highest BCUT2D eigenvalue weighted by molar-refractivity contribution is 9.10. The number of halogens is 1. The summed E-state index contributed by atoms with van der Waals surface area (Å²) < 4.78 is 17.8. The van der Waals surface area contributed by atoms with E-state index in [4.69, 9.17) is 0 Å². The Labute approximate surface area is 101 Å². The zero-order valence-electron chi connectivity index (χ0n) is 9.19. The molecule has 1 aromatic heterocycles. The van der Waals surface area contributed by atoms with Gasteiger partial charge >= 0.3 is 0 Å². The molecule has 1 heterocycles. The SMILES string of the molecule is Cn1cc(Br)nc1C=N[S+]([O-])C(C)(C)C. The molecule has 0 saturated heterocycles. The molecule has 1 aromatic rings. The lowest BCUT2D eigenvalue weighted by molar-refractivity contribution is 0.561.